The van der Waals surface area contributed by atoms with Crippen LogP contribution in [0.2, 0.25) is 0 Å². The van der Waals surface area contributed by atoms with Gasteiger partial charge in [-0.15, -0.1) is 0 Å². The molecule has 0 saturated heterocycles. The molecule has 30 heavy (non-hydrogen) atoms. The highest BCUT2D eigenvalue weighted by molar-refractivity contribution is 5.96. The number of hydrogen-bond donors (Lipinski definition) is 1. The molecule has 1 aliphatic heterocycles. The summed E-state index contributed by atoms with van der Waals surface area (Å²) in [6, 6.07) is 10.3. The van der Waals surface area contributed by atoms with Gasteiger partial charge in [-0.2, -0.15) is 5.06 Å². The minimum absolute atomic E-state index is 0.0314. The lowest BCUT2D eigenvalue weighted by Gasteiger charge is -2.29. The topological polar surface area (TPSA) is 102 Å². The van der Waals surface area contributed by atoms with Gasteiger partial charge in [-0.1, -0.05) is 12.1 Å². The fraction of sp³-hybridized carbons (Fsp3) is 0.286. The summed E-state index contributed by atoms with van der Waals surface area (Å²) in [5.74, 6) is -0.539. The first-order valence-electron chi connectivity index (χ1n) is 9.38. The number of hydroxylamine groups is 2. The Morgan fingerprint density at radius 3 is 2.60 bits per heavy atom. The Morgan fingerprint density at radius 2 is 1.93 bits per heavy atom. The molecule has 0 unspecified atom stereocenters. The molecule has 0 fully saturated rings. The number of hydrogen-bond acceptors (Lipinski definition) is 5. The van der Waals surface area contributed by atoms with Crippen LogP contribution in [0.3, 0.4) is 0 Å². The Labute approximate surface area is 172 Å². The summed E-state index contributed by atoms with van der Waals surface area (Å²) < 4.78 is 18.7. The molecule has 1 heterocycles. The first kappa shape index (κ1) is 21.1. The summed E-state index contributed by atoms with van der Waals surface area (Å²) in [5.41, 5.74) is 7.45. The van der Waals surface area contributed by atoms with Gasteiger partial charge in [0.2, 0.25) is 0 Å². The van der Waals surface area contributed by atoms with E-state index in [2.05, 4.69) is 0 Å². The molecule has 0 radical (unpaired) electrons. The molecular formula is C21H22FN3O5. The van der Waals surface area contributed by atoms with Crippen LogP contribution in [0.4, 0.5) is 9.18 Å². The molecule has 9 heteroatoms. The van der Waals surface area contributed by atoms with Crippen molar-refractivity contribution < 1.29 is 28.3 Å². The van der Waals surface area contributed by atoms with Crippen LogP contribution in [0.25, 0.3) is 0 Å². The second kappa shape index (κ2) is 9.25. The van der Waals surface area contributed by atoms with Gasteiger partial charge in [-0.3, -0.25) is 9.59 Å². The van der Waals surface area contributed by atoms with E-state index in [0.717, 1.165) is 23.1 Å². The highest BCUT2D eigenvalue weighted by Gasteiger charge is 2.25. The fourth-order valence-electron chi connectivity index (χ4n) is 3.17. The summed E-state index contributed by atoms with van der Waals surface area (Å²) in [4.78, 5) is 41.4. The number of nitrogens with two attached hydrogens (primary N) is 1. The predicted molar refractivity (Wildman–Crippen MR) is 105 cm³/mol. The number of fused-ring (bicyclic) bond motifs is 1. The average molecular weight is 415 g/mol. The van der Waals surface area contributed by atoms with E-state index in [1.165, 1.54) is 12.1 Å². The van der Waals surface area contributed by atoms with Crippen molar-refractivity contribution in [3.8, 4) is 5.75 Å². The molecule has 0 aromatic heterocycles. The smallest absolute Gasteiger partial charge is 0.348 e. The Morgan fingerprint density at radius 1 is 1.20 bits per heavy atom. The lowest BCUT2D eigenvalue weighted by Crippen LogP contribution is -2.39. The van der Waals surface area contributed by atoms with Crippen LogP contribution >= 0.6 is 0 Å². The molecule has 2 aromatic carbocycles. The number of carbonyl (C=O) groups is 3. The van der Waals surface area contributed by atoms with Crippen LogP contribution < -0.4 is 10.5 Å². The molecule has 158 valence electrons. The summed E-state index contributed by atoms with van der Waals surface area (Å²) in [6.45, 7) is 2.14. The Balaban J connectivity index is 1.60. The molecule has 0 aliphatic carbocycles. The second-order valence-electron chi connectivity index (χ2n) is 6.79. The van der Waals surface area contributed by atoms with Gasteiger partial charge in [-0.25, -0.2) is 9.18 Å². The average Bonchev–Trinajstić information content (AvgIpc) is 2.70. The lowest BCUT2D eigenvalue weighted by molar-refractivity contribution is -0.174. The van der Waals surface area contributed by atoms with E-state index in [1.54, 1.807) is 35.2 Å². The molecule has 3 rings (SSSR count). The molecule has 0 saturated carbocycles. The van der Waals surface area contributed by atoms with E-state index < -0.39 is 12.0 Å². The number of halogens is 1. The van der Waals surface area contributed by atoms with Crippen LogP contribution in [0, 0.1) is 5.82 Å². The zero-order chi connectivity index (χ0) is 21.7. The van der Waals surface area contributed by atoms with Gasteiger partial charge in [0.1, 0.15) is 18.2 Å². The molecule has 3 amide bonds. The molecule has 0 spiro atoms. The molecule has 0 bridgehead atoms. The maximum Gasteiger partial charge on any atom is 0.348 e. The number of primary amides is 1. The van der Waals surface area contributed by atoms with Gasteiger partial charge in [0.15, 0.2) is 0 Å². The summed E-state index contributed by atoms with van der Waals surface area (Å²) in [5, 5.41) is 0.720. The standard InChI is InChI=1S/C21H22FN3O5/c1-14(26)30-25(21(23)28)10-11-29-18-6-7-19-16(12-18)8-9-24(20(19)27)13-15-2-4-17(22)5-3-15/h2-7,12H,8-11,13H2,1H3,(H2,23,28). The number of urea groups is 1. The van der Waals surface area contributed by atoms with Crippen LogP contribution in [-0.2, 0) is 22.6 Å². The van der Waals surface area contributed by atoms with Crippen molar-refractivity contribution in [2.75, 3.05) is 19.7 Å². The van der Waals surface area contributed by atoms with Gasteiger partial charge in [0.25, 0.3) is 5.91 Å². The predicted octanol–water partition coefficient (Wildman–Crippen LogP) is 2.26. The van der Waals surface area contributed by atoms with E-state index in [4.69, 9.17) is 15.3 Å². The van der Waals surface area contributed by atoms with Crippen LogP contribution in [0.15, 0.2) is 42.5 Å². The van der Waals surface area contributed by atoms with Crippen molar-refractivity contribution in [3.05, 3.63) is 65.0 Å². The zero-order valence-electron chi connectivity index (χ0n) is 16.5. The molecule has 0 atom stereocenters. The van der Waals surface area contributed by atoms with E-state index in [-0.39, 0.29) is 24.9 Å². The number of benzene rings is 2. The monoisotopic (exact) mass is 415 g/mol. The molecule has 2 aromatic rings. The van der Waals surface area contributed by atoms with Crippen LogP contribution in [-0.4, -0.2) is 47.6 Å². The van der Waals surface area contributed by atoms with Crippen molar-refractivity contribution in [2.24, 2.45) is 5.73 Å². The van der Waals surface area contributed by atoms with Gasteiger partial charge < -0.3 is 20.2 Å². The summed E-state index contributed by atoms with van der Waals surface area (Å²) in [6.07, 6.45) is 0.653. The first-order valence-corrected chi connectivity index (χ1v) is 9.38. The Kier molecular flexibility index (Phi) is 6.51. The van der Waals surface area contributed by atoms with Gasteiger partial charge >= 0.3 is 12.0 Å². The quantitative estimate of drug-likeness (QED) is 0.729. The fourth-order valence-corrected chi connectivity index (χ4v) is 3.17. The number of carbonyl (C=O) groups excluding carboxylic acids is 3. The van der Waals surface area contributed by atoms with Crippen LogP contribution in [0.5, 0.6) is 5.75 Å². The molecule has 1 aliphatic rings. The van der Waals surface area contributed by atoms with Crippen molar-refractivity contribution in [1.29, 1.82) is 0 Å². The van der Waals surface area contributed by atoms with Crippen molar-refractivity contribution in [1.82, 2.24) is 9.96 Å². The zero-order valence-corrected chi connectivity index (χ0v) is 16.5. The minimum atomic E-state index is -0.897. The number of rotatable bonds is 6. The van der Waals surface area contributed by atoms with E-state index >= 15 is 0 Å². The third-order valence-corrected chi connectivity index (χ3v) is 4.58. The van der Waals surface area contributed by atoms with Gasteiger partial charge in [-0.05, 0) is 47.9 Å². The maximum atomic E-state index is 13.1. The number of amides is 3. The van der Waals surface area contributed by atoms with E-state index in [9.17, 15) is 18.8 Å². The molecule has 8 nitrogen and oxygen atoms in total. The van der Waals surface area contributed by atoms with Crippen molar-refractivity contribution in [2.45, 2.75) is 19.9 Å². The summed E-state index contributed by atoms with van der Waals surface area (Å²) in [7, 11) is 0. The molecular weight excluding hydrogens is 393 g/mol. The number of ether oxygens (including phenoxy) is 1. The normalized spacial score (nSPS) is 12.9. The number of nitrogens with zero attached hydrogens (tertiary/aromatic N) is 2. The highest BCUT2D eigenvalue weighted by atomic mass is 19.1. The lowest BCUT2D eigenvalue weighted by atomic mass is 9.98. The third-order valence-electron chi connectivity index (χ3n) is 4.58. The third kappa shape index (κ3) is 5.25. The van der Waals surface area contributed by atoms with Gasteiger partial charge in [0.05, 0.1) is 6.54 Å². The summed E-state index contributed by atoms with van der Waals surface area (Å²) >= 11 is 0. The van der Waals surface area contributed by atoms with E-state index in [0.29, 0.717) is 30.8 Å². The minimum Gasteiger partial charge on any atom is -0.492 e. The van der Waals surface area contributed by atoms with Crippen molar-refractivity contribution in [3.63, 3.8) is 0 Å². The van der Waals surface area contributed by atoms with Crippen molar-refractivity contribution >= 4 is 17.9 Å². The van der Waals surface area contributed by atoms with E-state index in [1.807, 2.05) is 0 Å². The molecule has 2 N–H and O–H groups in total. The Hall–Kier alpha value is -3.62. The first-order chi connectivity index (χ1) is 14.3. The van der Waals surface area contributed by atoms with Gasteiger partial charge in [0, 0.05) is 25.6 Å². The SMILES string of the molecule is CC(=O)ON(CCOc1ccc2c(c1)CCN(Cc1ccc(F)cc1)C2=O)C(N)=O. The maximum absolute atomic E-state index is 13.1. The second-order valence-corrected chi connectivity index (χ2v) is 6.79. The largest absolute Gasteiger partial charge is 0.492 e. The van der Waals surface area contributed by atoms with Crippen LogP contribution in [0.1, 0.15) is 28.4 Å². The highest BCUT2D eigenvalue weighted by Crippen LogP contribution is 2.25. The Bertz CT molecular complexity index is 948.